The molecule has 0 spiro atoms. The van der Waals surface area contributed by atoms with Crippen molar-refractivity contribution in [1.29, 1.82) is 0 Å². The van der Waals surface area contributed by atoms with Gasteiger partial charge in [0.2, 0.25) is 0 Å². The second-order valence-corrected chi connectivity index (χ2v) is 8.83. The van der Waals surface area contributed by atoms with Crippen molar-refractivity contribution in [3.8, 4) is 0 Å². The quantitative estimate of drug-likeness (QED) is 0.610. The first kappa shape index (κ1) is 15.2. The van der Waals surface area contributed by atoms with Gasteiger partial charge >= 0.3 is 39.1 Å². The molecule has 0 aliphatic heterocycles. The number of carboxylic acids is 1. The molecule has 0 rings (SSSR count). The molecule has 1 atom stereocenters. The van der Waals surface area contributed by atoms with Crippen LogP contribution in [0.4, 0.5) is 0 Å². The molecule has 0 aromatic carbocycles. The fourth-order valence-corrected chi connectivity index (χ4v) is 0.285. The zero-order chi connectivity index (χ0) is 11.2. The number of carboxylic acid groups (broad SMARTS) is 1. The van der Waals surface area contributed by atoms with Crippen LogP contribution >= 0.6 is 0 Å². The number of hydrogen-bond donors (Lipinski definition) is 3. The van der Waals surface area contributed by atoms with E-state index in [2.05, 4.69) is 0 Å². The molecule has 6 heteroatoms. The van der Waals surface area contributed by atoms with Crippen LogP contribution in [0, 0.1) is 5.92 Å². The van der Waals surface area contributed by atoms with Crippen LogP contribution in [-0.4, -0.2) is 35.0 Å². The molecular weight excluding hydrogens is 237 g/mol. The zero-order valence-corrected chi connectivity index (χ0v) is 10.3. The van der Waals surface area contributed by atoms with E-state index in [4.69, 9.17) is 14.9 Å². The van der Waals surface area contributed by atoms with E-state index in [0.29, 0.717) is 0 Å². The molecule has 4 N–H and O–H groups in total. The molecule has 0 heterocycles. The Morgan fingerprint density at radius 2 is 1.62 bits per heavy atom. The fourth-order valence-electron chi connectivity index (χ4n) is 0.285. The van der Waals surface area contributed by atoms with Crippen LogP contribution in [-0.2, 0) is 8.53 Å². The van der Waals surface area contributed by atoms with Crippen molar-refractivity contribution >= 4 is 19.8 Å². The third-order valence-electron chi connectivity index (χ3n) is 1.00. The van der Waals surface area contributed by atoms with Crippen molar-refractivity contribution in [1.82, 2.24) is 0 Å². The van der Waals surface area contributed by atoms with E-state index in [9.17, 15) is 8.53 Å². The van der Waals surface area contributed by atoms with Gasteiger partial charge in [-0.1, -0.05) is 13.8 Å². The molecule has 13 heavy (non-hydrogen) atoms. The molecule has 0 bridgehead atoms. The number of carbonyl (C=O) groups is 1. The molecule has 0 saturated heterocycles. The summed E-state index contributed by atoms with van der Waals surface area (Å²) in [4.78, 5) is 10.0. The Hall–Kier alpha value is -0.252. The molecule has 0 aliphatic rings. The third-order valence-corrected chi connectivity index (χ3v) is 1.00. The van der Waals surface area contributed by atoms with Crippen LogP contribution in [0.5, 0.6) is 0 Å². The van der Waals surface area contributed by atoms with Crippen LogP contribution in [0.3, 0.4) is 0 Å². The molecule has 5 nitrogen and oxygen atoms in total. The second kappa shape index (κ2) is 6.24. The summed E-state index contributed by atoms with van der Waals surface area (Å²) in [5, 5.41) is 8.23. The first-order chi connectivity index (χ1) is 5.55. The monoisotopic (exact) mass is 255 g/mol. The summed E-state index contributed by atoms with van der Waals surface area (Å²) in [7, 11) is 0. The van der Waals surface area contributed by atoms with Crippen molar-refractivity contribution in [2.45, 2.75) is 31.3 Å². The van der Waals surface area contributed by atoms with Gasteiger partial charge in [-0.3, -0.25) is 4.79 Å². The Morgan fingerprint density at radius 3 is 1.62 bits per heavy atom. The van der Waals surface area contributed by atoms with Crippen LogP contribution in [0.25, 0.3) is 0 Å². The Labute approximate surface area is 81.0 Å². The van der Waals surface area contributed by atoms with Gasteiger partial charge in [0.05, 0.1) is 0 Å². The molecule has 0 fully saturated rings. The summed E-state index contributed by atoms with van der Waals surface area (Å²) in [6, 6.07) is -0.713. The summed E-state index contributed by atoms with van der Waals surface area (Å²) in [5.41, 5.74) is 7.88. The molecule has 0 aromatic heterocycles. The molecule has 0 unspecified atom stereocenters. The van der Waals surface area contributed by atoms with Gasteiger partial charge in [-0.25, -0.2) is 0 Å². The SMILES string of the molecule is CC(C)[C@H](N)C(=O)O.C[As](C)(=O)O. The molecule has 80 valence electrons. The number of aliphatic carboxylic acids is 1. The van der Waals surface area contributed by atoms with Crippen LogP contribution in [0.1, 0.15) is 13.8 Å². The van der Waals surface area contributed by atoms with Gasteiger partial charge in [0.15, 0.2) is 0 Å². The summed E-state index contributed by atoms with van der Waals surface area (Å²) in [6.45, 7) is 3.55. The van der Waals surface area contributed by atoms with E-state index in [1.54, 1.807) is 13.8 Å². The number of hydrogen-bond acceptors (Lipinski definition) is 3. The van der Waals surface area contributed by atoms with E-state index in [1.165, 1.54) is 11.4 Å². The predicted octanol–water partition coefficient (Wildman–Crippen LogP) is 0.165. The maximum absolute atomic E-state index is 10.0. The van der Waals surface area contributed by atoms with Gasteiger partial charge in [-0.2, -0.15) is 0 Å². The van der Waals surface area contributed by atoms with Crippen molar-refractivity contribution in [2.75, 3.05) is 0 Å². The normalized spacial score (nSPS) is 13.2. The summed E-state index contributed by atoms with van der Waals surface area (Å²) >= 11 is -3.12. The Morgan fingerprint density at radius 1 is 1.38 bits per heavy atom. The molecule has 0 radical (unpaired) electrons. The van der Waals surface area contributed by atoms with Crippen LogP contribution < -0.4 is 5.73 Å². The predicted molar refractivity (Wildman–Crippen MR) is 50.8 cm³/mol. The van der Waals surface area contributed by atoms with Crippen LogP contribution in [0.15, 0.2) is 0 Å². The average molecular weight is 255 g/mol. The summed E-state index contributed by atoms with van der Waals surface area (Å²) in [6.07, 6.45) is 0. The standard InChI is InChI=1S/C5H11NO2.C2H7AsO2/c1-3(2)4(6)5(7)8;1-3(2,4)5/h3-4H,6H2,1-2H3,(H,7,8);1-2H3,(H,4,5)/t4-;/m0./s1. The first-order valence-corrected chi connectivity index (χ1v) is 9.17. The number of nitrogens with two attached hydrogens (primary N) is 1. The van der Waals surface area contributed by atoms with Crippen molar-refractivity contribution in [3.63, 3.8) is 0 Å². The van der Waals surface area contributed by atoms with E-state index in [-0.39, 0.29) is 5.92 Å². The van der Waals surface area contributed by atoms with E-state index >= 15 is 0 Å². The van der Waals surface area contributed by atoms with E-state index < -0.39 is 25.8 Å². The van der Waals surface area contributed by atoms with Gasteiger partial charge in [0.25, 0.3) is 0 Å². The minimum atomic E-state index is -3.12. The van der Waals surface area contributed by atoms with Gasteiger partial charge < -0.3 is 10.8 Å². The van der Waals surface area contributed by atoms with Crippen LogP contribution in [0.2, 0.25) is 11.4 Å². The second-order valence-electron chi connectivity index (χ2n) is 3.40. The third kappa shape index (κ3) is 18.6. The Balaban J connectivity index is 0. The van der Waals surface area contributed by atoms with Crippen molar-refractivity contribution in [2.24, 2.45) is 11.7 Å². The minimum absolute atomic E-state index is 0.0208. The Kier molecular flexibility index (Phi) is 7.31. The van der Waals surface area contributed by atoms with Gasteiger partial charge in [0.1, 0.15) is 6.04 Å². The first-order valence-electron chi connectivity index (χ1n) is 3.81. The fraction of sp³-hybridized carbons (Fsp3) is 0.857. The van der Waals surface area contributed by atoms with Crippen molar-refractivity contribution in [3.05, 3.63) is 0 Å². The zero-order valence-electron chi connectivity index (χ0n) is 8.39. The maximum atomic E-state index is 10.0. The van der Waals surface area contributed by atoms with Gasteiger partial charge in [-0.05, 0) is 5.92 Å². The van der Waals surface area contributed by atoms with E-state index in [1.807, 2.05) is 0 Å². The van der Waals surface area contributed by atoms with Gasteiger partial charge in [0, 0.05) is 0 Å². The summed E-state index contributed by atoms with van der Waals surface area (Å²) < 4.78 is 18.0. The molecule has 0 amide bonds. The van der Waals surface area contributed by atoms with Gasteiger partial charge in [-0.15, -0.1) is 0 Å². The molecule has 0 aromatic rings. The molecule has 0 saturated carbocycles. The number of rotatable bonds is 2. The topological polar surface area (TPSA) is 101 Å². The molecular formula is C7H18AsNO4. The average Bonchev–Trinajstić information content (AvgIpc) is 1.81. The summed E-state index contributed by atoms with van der Waals surface area (Å²) in [5.74, 6) is -0.910. The van der Waals surface area contributed by atoms with E-state index in [0.717, 1.165) is 0 Å². The molecule has 0 aliphatic carbocycles. The Bertz CT molecular complexity index is 190. The van der Waals surface area contributed by atoms with Crippen molar-refractivity contribution < 1.29 is 17.7 Å².